The Morgan fingerprint density at radius 1 is 0.707 bits per heavy atom. The number of carbonyl (C=O) groups is 4. The van der Waals surface area contributed by atoms with E-state index in [2.05, 4.69) is 5.32 Å². The van der Waals surface area contributed by atoms with E-state index in [1.54, 1.807) is 19.1 Å². The van der Waals surface area contributed by atoms with Crippen LogP contribution in [0.15, 0.2) is 72.8 Å². The topological polar surface area (TPSA) is 119 Å². The van der Waals surface area contributed by atoms with Crippen LogP contribution in [0.2, 0.25) is 0 Å². The number of carbonyl (C=O) groups excluding carboxylic acids is 3. The Kier molecular flexibility index (Phi) is 9.05. The molecule has 0 fully saturated rings. The van der Waals surface area contributed by atoms with Crippen molar-refractivity contribution in [2.75, 3.05) is 5.32 Å². The van der Waals surface area contributed by atoms with Crippen molar-refractivity contribution in [3.63, 3.8) is 0 Å². The van der Waals surface area contributed by atoms with Crippen LogP contribution in [-0.4, -0.2) is 41.1 Å². The number of aryl methyl sites for hydroxylation is 1. The molecule has 0 spiro atoms. The van der Waals surface area contributed by atoms with Gasteiger partial charge in [0.15, 0.2) is 0 Å². The molecule has 2 N–H and O–H groups in total. The molecule has 3 rings (SSSR count). The highest BCUT2D eigenvalue weighted by atomic mass is 19.4. The number of rotatable bonds is 8. The molecule has 0 aliphatic carbocycles. The first-order valence-corrected chi connectivity index (χ1v) is 11.4. The third-order valence-corrected chi connectivity index (χ3v) is 5.50. The number of esters is 2. The summed E-state index contributed by atoms with van der Waals surface area (Å²) in [6, 6.07) is 11.6. The Morgan fingerprint density at radius 3 is 1.61 bits per heavy atom. The molecule has 0 unspecified atom stereocenters. The van der Waals surface area contributed by atoms with Crippen molar-refractivity contribution < 1.29 is 60.1 Å². The number of hydrogen-bond acceptors (Lipinski definition) is 6. The number of halogens is 6. The Balaban J connectivity index is 1.98. The number of para-hydroxylation sites is 1. The minimum absolute atomic E-state index is 0.117. The van der Waals surface area contributed by atoms with Gasteiger partial charge in [0.2, 0.25) is 12.2 Å². The fourth-order valence-corrected chi connectivity index (χ4v) is 3.42. The predicted octanol–water partition coefficient (Wildman–Crippen LogP) is 5.51. The standard InChI is InChI=1S/C27H19F6NO7/c1-14-6-2-3-11-19(14)34-22(35)20(40-24(38)15-7-4-9-17(12-15)26(28,29)30)21(23(36)37)41-25(39)16-8-5-10-18(13-16)27(31,32)33/h2-13,20-21H,1H3,(H,34,35)(H,36,37)/t20-,21-/m0/s1. The number of benzene rings is 3. The van der Waals surface area contributed by atoms with Gasteiger partial charge in [0, 0.05) is 5.69 Å². The van der Waals surface area contributed by atoms with E-state index in [-0.39, 0.29) is 5.69 Å². The summed E-state index contributed by atoms with van der Waals surface area (Å²) in [5, 5.41) is 12.0. The molecule has 0 aliphatic heterocycles. The molecule has 2 atom stereocenters. The maximum Gasteiger partial charge on any atom is 0.416 e. The summed E-state index contributed by atoms with van der Waals surface area (Å²) < 4.78 is 88.4. The summed E-state index contributed by atoms with van der Waals surface area (Å²) in [5.74, 6) is -6.61. The molecule has 3 aromatic rings. The first-order valence-electron chi connectivity index (χ1n) is 11.4. The average Bonchev–Trinajstić information content (AvgIpc) is 2.90. The van der Waals surface area contributed by atoms with Crippen molar-refractivity contribution in [2.24, 2.45) is 0 Å². The van der Waals surface area contributed by atoms with Crippen molar-refractivity contribution >= 4 is 29.5 Å². The summed E-state index contributed by atoms with van der Waals surface area (Å²) in [6.07, 6.45) is -14.8. The van der Waals surface area contributed by atoms with Crippen molar-refractivity contribution in [1.82, 2.24) is 0 Å². The van der Waals surface area contributed by atoms with Crippen LogP contribution < -0.4 is 5.32 Å². The van der Waals surface area contributed by atoms with E-state index in [4.69, 9.17) is 9.47 Å². The van der Waals surface area contributed by atoms with Gasteiger partial charge in [-0.1, -0.05) is 30.3 Å². The molecule has 0 bridgehead atoms. The number of carboxylic acid groups (broad SMARTS) is 1. The molecule has 0 saturated heterocycles. The SMILES string of the molecule is Cc1ccccc1NC(=O)[C@@H](OC(=O)c1cccc(C(F)(F)F)c1)[C@H](OC(=O)c1cccc(C(F)(F)F)c1)C(=O)O. The second kappa shape index (κ2) is 12.1. The second-order valence-electron chi connectivity index (χ2n) is 8.45. The highest BCUT2D eigenvalue weighted by Crippen LogP contribution is 2.31. The number of aliphatic carboxylic acids is 1. The summed E-state index contributed by atoms with van der Waals surface area (Å²) in [5.41, 5.74) is -3.39. The lowest BCUT2D eigenvalue weighted by Crippen LogP contribution is -2.48. The van der Waals surface area contributed by atoms with E-state index in [9.17, 15) is 50.6 Å². The number of ether oxygens (including phenoxy) is 2. The third kappa shape index (κ3) is 7.84. The Labute approximate surface area is 227 Å². The number of anilines is 1. The summed E-state index contributed by atoms with van der Waals surface area (Å²) in [4.78, 5) is 50.6. The molecule has 8 nitrogen and oxygen atoms in total. The minimum Gasteiger partial charge on any atom is -0.478 e. The van der Waals surface area contributed by atoms with Crippen LogP contribution >= 0.6 is 0 Å². The Bertz CT molecular complexity index is 1470. The summed E-state index contributed by atoms with van der Waals surface area (Å²) >= 11 is 0. The summed E-state index contributed by atoms with van der Waals surface area (Å²) in [6.45, 7) is 1.56. The molecule has 0 aliphatic rings. The minimum atomic E-state index is -4.86. The zero-order valence-corrected chi connectivity index (χ0v) is 20.7. The van der Waals surface area contributed by atoms with Gasteiger partial charge in [-0.25, -0.2) is 14.4 Å². The number of alkyl halides is 6. The van der Waals surface area contributed by atoms with Crippen LogP contribution in [0.3, 0.4) is 0 Å². The second-order valence-corrected chi connectivity index (χ2v) is 8.45. The number of carboxylic acids is 1. The molecule has 0 saturated carbocycles. The van der Waals surface area contributed by atoms with Gasteiger partial charge in [-0.3, -0.25) is 4.79 Å². The highest BCUT2D eigenvalue weighted by molar-refractivity contribution is 6.01. The van der Waals surface area contributed by atoms with E-state index >= 15 is 0 Å². The lowest BCUT2D eigenvalue weighted by molar-refractivity contribution is -0.157. The molecule has 1 amide bonds. The van der Waals surface area contributed by atoms with Gasteiger partial charge in [-0.15, -0.1) is 0 Å². The van der Waals surface area contributed by atoms with E-state index in [1.807, 2.05) is 0 Å². The predicted molar refractivity (Wildman–Crippen MR) is 129 cm³/mol. The smallest absolute Gasteiger partial charge is 0.416 e. The molecular formula is C27H19F6NO7. The lowest BCUT2D eigenvalue weighted by Gasteiger charge is -2.24. The summed E-state index contributed by atoms with van der Waals surface area (Å²) in [7, 11) is 0. The molecular weight excluding hydrogens is 564 g/mol. The quantitative estimate of drug-likeness (QED) is 0.265. The fourth-order valence-electron chi connectivity index (χ4n) is 3.42. The van der Waals surface area contributed by atoms with Crippen molar-refractivity contribution in [2.45, 2.75) is 31.5 Å². The van der Waals surface area contributed by atoms with Crippen LogP contribution in [0.1, 0.15) is 37.4 Å². The van der Waals surface area contributed by atoms with Gasteiger partial charge in [0.25, 0.3) is 5.91 Å². The average molecular weight is 583 g/mol. The van der Waals surface area contributed by atoms with Gasteiger partial charge >= 0.3 is 30.3 Å². The van der Waals surface area contributed by atoms with Gasteiger partial charge in [0.1, 0.15) is 0 Å². The van der Waals surface area contributed by atoms with E-state index in [0.717, 1.165) is 24.3 Å². The van der Waals surface area contributed by atoms with Crippen LogP contribution in [-0.2, 0) is 31.4 Å². The molecule has 0 heterocycles. The zero-order chi connectivity index (χ0) is 30.5. The van der Waals surface area contributed by atoms with E-state index in [0.29, 0.717) is 29.8 Å². The monoisotopic (exact) mass is 583 g/mol. The van der Waals surface area contributed by atoms with Crippen molar-refractivity contribution in [1.29, 1.82) is 0 Å². The fraction of sp³-hybridized carbons (Fsp3) is 0.185. The van der Waals surface area contributed by atoms with E-state index in [1.165, 1.54) is 12.1 Å². The Morgan fingerprint density at radius 2 is 1.17 bits per heavy atom. The largest absolute Gasteiger partial charge is 0.478 e. The van der Waals surface area contributed by atoms with Crippen molar-refractivity contribution in [3.8, 4) is 0 Å². The van der Waals surface area contributed by atoms with Gasteiger partial charge in [0.05, 0.1) is 22.3 Å². The zero-order valence-electron chi connectivity index (χ0n) is 20.7. The van der Waals surface area contributed by atoms with Crippen LogP contribution in [0, 0.1) is 6.92 Å². The number of nitrogens with one attached hydrogen (secondary N) is 1. The van der Waals surface area contributed by atoms with Crippen molar-refractivity contribution in [3.05, 3.63) is 101 Å². The van der Waals surface area contributed by atoms with Crippen LogP contribution in [0.5, 0.6) is 0 Å². The van der Waals surface area contributed by atoms with Crippen LogP contribution in [0.4, 0.5) is 32.0 Å². The van der Waals surface area contributed by atoms with Gasteiger partial charge in [-0.05, 0) is 55.0 Å². The third-order valence-electron chi connectivity index (χ3n) is 5.50. The molecule has 216 valence electrons. The normalized spacial score (nSPS) is 13.0. The molecule has 3 aromatic carbocycles. The maximum absolute atomic E-state index is 13.1. The Hall–Kier alpha value is -4.88. The maximum atomic E-state index is 13.1. The number of hydrogen-bond donors (Lipinski definition) is 2. The van der Waals surface area contributed by atoms with E-state index < -0.39 is 70.6 Å². The number of amides is 1. The molecule has 14 heteroatoms. The molecule has 0 radical (unpaired) electrons. The van der Waals surface area contributed by atoms with Crippen LogP contribution in [0.25, 0.3) is 0 Å². The lowest BCUT2D eigenvalue weighted by atomic mass is 10.1. The molecule has 0 aromatic heterocycles. The van der Waals surface area contributed by atoms with Gasteiger partial charge < -0.3 is 19.9 Å². The first-order chi connectivity index (χ1) is 19.1. The first kappa shape index (κ1) is 30.7. The molecule has 41 heavy (non-hydrogen) atoms. The van der Waals surface area contributed by atoms with Gasteiger partial charge in [-0.2, -0.15) is 26.3 Å². The highest BCUT2D eigenvalue weighted by Gasteiger charge is 2.42.